The van der Waals surface area contributed by atoms with Crippen molar-refractivity contribution in [3.63, 3.8) is 0 Å². The molecule has 0 N–H and O–H groups in total. The first-order valence-corrected chi connectivity index (χ1v) is 59.9. The number of thiophene rings is 4. The Hall–Kier alpha value is -9.76. The number of carbonyl (C=O) groups is 2. The van der Waals surface area contributed by atoms with Gasteiger partial charge in [0, 0.05) is 11.1 Å². The van der Waals surface area contributed by atoms with Gasteiger partial charge in [0.1, 0.15) is 0 Å². The second-order valence-corrected chi connectivity index (χ2v) is 46.3. The molecule has 0 saturated carbocycles. The molecular weight excluding hydrogens is 1940 g/mol. The second-order valence-electron chi connectivity index (χ2n) is 37.6. The minimum atomic E-state index is -0.368. The van der Waals surface area contributed by atoms with Gasteiger partial charge in [0.2, 0.25) is 11.6 Å². The molecule has 0 unspecified atom stereocenters. The fourth-order valence-electron chi connectivity index (χ4n) is 20.0. The summed E-state index contributed by atoms with van der Waals surface area (Å²) in [6.07, 6.45) is 44.2. The molecule has 10 aromatic heterocycles. The van der Waals surface area contributed by atoms with Gasteiger partial charge in [0.05, 0.1) is 9.75 Å². The van der Waals surface area contributed by atoms with Crippen LogP contribution >= 0.6 is 57.1 Å². The standard InChI is InChI=1S/C108H130N8O4S3Se2.C10H4O2S2/c1-7-13-19-25-31-37-65-113-91-73-81(115(77-43-53-83(54-44-77)117-67-39-33-27-21-15-9-3)78-45-55-84(56-46-78)118-68-40-34-28-22-16-10-4)51-61-87(91)107-93(113)75-95(124-107)97-101-102(110-100-90-64-72-122-106(90)105-89(63-71-121-105)99(100)109-101)98(104-103(97)111-123-112-104)96-76-94-108(125-96)88-62-52-82(74-92(88)114(94)66-38-32-26-20-14-8-2)116(79-47-57-85(58-48-79)119-69-41-35-29-23-17-11-5)80-49-59-86(60-50-80)120-70-42-36-30-24-18-12-6;11-7-5-1-3-13-9(5)10-6(8(7)12)2-4-14-10/h43-64,71-76H,7-42,65-70H2,1-6H3;1-4H. The minimum absolute atomic E-state index is 0.140. The molecule has 0 saturated heterocycles. The summed E-state index contributed by atoms with van der Waals surface area (Å²) >= 11 is 7.71. The fraction of sp³-hybridized carbons (Fsp3) is 0.407. The number of hydrogen-bond acceptors (Lipinski definition) is 17. The summed E-state index contributed by atoms with van der Waals surface area (Å²) in [6, 6.07) is 62.9. The third-order valence-electron chi connectivity index (χ3n) is 27.6. The van der Waals surface area contributed by atoms with E-state index >= 15 is 0 Å². The number of anilines is 6. The molecular formula is C118H134N8O6S5Se2. The van der Waals surface area contributed by atoms with Gasteiger partial charge < -0.3 is 0 Å². The van der Waals surface area contributed by atoms with Gasteiger partial charge >= 0.3 is 591 Å². The Kier molecular flexibility index (Phi) is 35.2. The van der Waals surface area contributed by atoms with Crippen molar-refractivity contribution in [1.82, 2.24) is 27.8 Å². The molecule has 724 valence electrons. The number of ketones is 2. The molecule has 0 amide bonds. The SMILES string of the molecule is CCCCCCCCOc1ccc(N(c2ccc(OCCCCCCCC)cc2)c2ccc3c4[se]c(-c5c6nsnc6c(-c6cc7c([se]6)c6ccc(N(c8ccc(OCCCCCCCC)cc8)c8ccc(OCCCCCCCC)cc8)cc6n7CCCCCCCC)c6nc7c8ccsc8c8sccc8c7nc56)cc4n(CCCCCCCC)c3c2)cc1.O=C1C(=O)c2ccsc2-c2sccc21. The molecule has 1 aliphatic rings. The van der Waals surface area contributed by atoms with Crippen molar-refractivity contribution in [3.8, 4) is 52.8 Å². The zero-order valence-corrected chi connectivity index (χ0v) is 89.6. The van der Waals surface area contributed by atoms with Crippen molar-refractivity contribution in [3.05, 3.63) is 203 Å². The van der Waals surface area contributed by atoms with Gasteiger partial charge in [-0.05, 0) is 48.6 Å². The number of aryl methyl sites for hydroxylation is 2. The molecule has 18 aromatic rings. The first-order valence-electron chi connectivity index (χ1n) is 52.2. The normalized spacial score (nSPS) is 12.2. The molecule has 0 atom stereocenters. The summed E-state index contributed by atoms with van der Waals surface area (Å²) in [7, 11) is 0. The number of nitrogens with zero attached hydrogens (tertiary/aromatic N) is 8. The molecule has 139 heavy (non-hydrogen) atoms. The maximum Gasteiger partial charge on any atom is 0.235 e. The monoisotopic (exact) mass is 2080 g/mol. The Morgan fingerprint density at radius 2 is 0.583 bits per heavy atom. The summed E-state index contributed by atoms with van der Waals surface area (Å²) in [4.78, 5) is 42.1. The van der Waals surface area contributed by atoms with Crippen LogP contribution in [0.4, 0.5) is 34.1 Å². The smallest absolute Gasteiger partial charge is 0.235 e. The maximum atomic E-state index is 11.6. The second kappa shape index (κ2) is 49.3. The predicted molar refractivity (Wildman–Crippen MR) is 597 cm³/mol. The van der Waals surface area contributed by atoms with Crippen LogP contribution in [0.15, 0.2) is 191 Å². The van der Waals surface area contributed by atoms with Gasteiger partial charge in [-0.2, -0.15) is 0 Å². The zero-order valence-electron chi connectivity index (χ0n) is 82.1. The van der Waals surface area contributed by atoms with Gasteiger partial charge in [-0.25, -0.2) is 0 Å². The van der Waals surface area contributed by atoms with E-state index < -0.39 is 0 Å². The summed E-state index contributed by atoms with van der Waals surface area (Å²) < 4.78 is 49.9. The molecule has 1 aliphatic carbocycles. The van der Waals surface area contributed by atoms with Crippen molar-refractivity contribution >= 4 is 226 Å². The van der Waals surface area contributed by atoms with Crippen LogP contribution in [0.1, 0.15) is 293 Å². The van der Waals surface area contributed by atoms with E-state index in [-0.39, 0.29) is 40.6 Å². The van der Waals surface area contributed by atoms with Gasteiger partial charge in [-0.1, -0.05) is 156 Å². The Morgan fingerprint density at radius 3 is 0.906 bits per heavy atom. The Labute approximate surface area is 852 Å². The number of Topliss-reactive ketones (excluding diaryl/α,β-unsaturated/α-hetero) is 2. The predicted octanol–water partition coefficient (Wildman–Crippen LogP) is 36.4. The molecule has 8 aromatic carbocycles. The number of ether oxygens (including phenoxy) is 4. The molecule has 14 nitrogen and oxygen atoms in total. The van der Waals surface area contributed by atoms with E-state index in [1.807, 2.05) is 33.4 Å². The molecule has 0 radical (unpaired) electrons. The van der Waals surface area contributed by atoms with Crippen LogP contribution in [0, 0.1) is 0 Å². The summed E-state index contributed by atoms with van der Waals surface area (Å²) in [5, 5.41) is 13.1. The van der Waals surface area contributed by atoms with Crippen LogP contribution in [-0.4, -0.2) is 94.9 Å². The first kappa shape index (κ1) is 99.4. The quantitative estimate of drug-likeness (QED) is 0.0155. The maximum absolute atomic E-state index is 11.6. The van der Waals surface area contributed by atoms with Crippen LogP contribution in [-0.2, 0) is 13.1 Å². The van der Waals surface area contributed by atoms with Gasteiger partial charge in [0.15, 0.2) is 0 Å². The number of unbranched alkanes of at least 4 members (excludes halogenated alkanes) is 30. The zero-order chi connectivity index (χ0) is 95.2. The number of aromatic nitrogens is 6. The Bertz CT molecular complexity index is 6550. The number of benzene rings is 8. The van der Waals surface area contributed by atoms with Crippen molar-refractivity contribution in [2.45, 2.75) is 286 Å². The van der Waals surface area contributed by atoms with E-state index in [1.54, 1.807) is 12.1 Å². The average Bonchev–Trinajstić information content (AvgIpc) is 1.58. The first-order chi connectivity index (χ1) is 68.6. The number of rotatable bonds is 54. The molecule has 0 spiro atoms. The van der Waals surface area contributed by atoms with Crippen molar-refractivity contribution in [2.24, 2.45) is 0 Å². The average molecular weight is 2080 g/mol. The van der Waals surface area contributed by atoms with E-state index in [9.17, 15) is 9.59 Å². The minimum Gasteiger partial charge on any atom is -0.285 e. The third-order valence-corrected chi connectivity index (χ3v) is 37.0. The van der Waals surface area contributed by atoms with Crippen LogP contribution < -0.4 is 28.7 Å². The Balaban J connectivity index is 0.000000832. The van der Waals surface area contributed by atoms with E-state index in [2.05, 4.69) is 229 Å². The van der Waals surface area contributed by atoms with Crippen molar-refractivity contribution in [1.29, 1.82) is 0 Å². The van der Waals surface area contributed by atoms with Crippen molar-refractivity contribution < 1.29 is 28.5 Å². The molecule has 10 heterocycles. The van der Waals surface area contributed by atoms with Crippen LogP contribution in [0.25, 0.3) is 124 Å². The van der Waals surface area contributed by atoms with Gasteiger partial charge in [0.25, 0.3) is 0 Å². The summed E-state index contributed by atoms with van der Waals surface area (Å²) in [5.41, 5.74) is 20.6. The van der Waals surface area contributed by atoms with E-state index in [1.165, 1.54) is 287 Å². The molecule has 0 bridgehead atoms. The van der Waals surface area contributed by atoms with Gasteiger partial charge in [-0.15, -0.1) is 22.7 Å². The number of hydrogen-bond donors (Lipinski definition) is 0. The van der Waals surface area contributed by atoms with Crippen LogP contribution in [0.2, 0.25) is 0 Å². The Morgan fingerprint density at radius 1 is 0.288 bits per heavy atom. The largest absolute Gasteiger partial charge is 0.285 e. The fourth-order valence-corrected chi connectivity index (χ4v) is 29.8. The van der Waals surface area contributed by atoms with Crippen molar-refractivity contribution in [2.75, 3.05) is 36.2 Å². The third kappa shape index (κ3) is 23.0. The molecule has 19 rings (SSSR count). The van der Waals surface area contributed by atoms with Crippen LogP contribution in [0.3, 0.4) is 0 Å². The molecule has 0 aliphatic heterocycles. The summed E-state index contributed by atoms with van der Waals surface area (Å²) in [5.74, 6) is 2.91. The van der Waals surface area contributed by atoms with E-state index in [4.69, 9.17) is 37.7 Å². The van der Waals surface area contributed by atoms with E-state index in [0.717, 1.165) is 200 Å². The van der Waals surface area contributed by atoms with Crippen LogP contribution in [0.5, 0.6) is 23.0 Å². The molecule has 21 heteroatoms. The number of fused-ring (bicyclic) bond motifs is 17. The summed E-state index contributed by atoms with van der Waals surface area (Å²) in [6.45, 7) is 18.5. The van der Waals surface area contributed by atoms with Gasteiger partial charge in [-0.3, -0.25) is 9.59 Å². The number of carbonyl (C=O) groups excluding carboxylic acids is 2. The molecule has 0 fully saturated rings. The van der Waals surface area contributed by atoms with E-state index in [0.29, 0.717) is 11.1 Å². The topological polar surface area (TPSA) is 139 Å².